The van der Waals surface area contributed by atoms with Gasteiger partial charge in [0.25, 0.3) is 0 Å². The summed E-state index contributed by atoms with van der Waals surface area (Å²) >= 11 is 0. The zero-order chi connectivity index (χ0) is 29.2. The Morgan fingerprint density at radius 2 is 1.50 bits per heavy atom. The maximum atomic E-state index is 15.3. The number of anilines is 1. The van der Waals surface area contributed by atoms with Crippen molar-refractivity contribution in [1.82, 2.24) is 0 Å². The fraction of sp³-hybridized carbons (Fsp3) is 0.171. The van der Waals surface area contributed by atoms with Crippen molar-refractivity contribution in [2.75, 3.05) is 19.1 Å². The summed E-state index contributed by atoms with van der Waals surface area (Å²) in [5.41, 5.74) is 0.720. The van der Waals surface area contributed by atoms with Crippen molar-refractivity contribution in [1.29, 1.82) is 0 Å². The Morgan fingerprint density at radius 1 is 0.833 bits per heavy atom. The molecule has 1 fully saturated rings. The van der Waals surface area contributed by atoms with Gasteiger partial charge >= 0.3 is 0 Å². The topological polar surface area (TPSA) is 72.9 Å². The average Bonchev–Trinajstić information content (AvgIpc) is 3.46. The molecule has 0 unspecified atom stereocenters. The molecule has 1 saturated heterocycles. The number of hydrogen-bond donors (Lipinski definition) is 0. The van der Waals surface area contributed by atoms with E-state index in [1.165, 1.54) is 32.4 Å². The second-order valence-electron chi connectivity index (χ2n) is 10.7. The zero-order valence-electron chi connectivity index (χ0n) is 22.9. The van der Waals surface area contributed by atoms with Crippen LogP contribution in [0.1, 0.15) is 48.1 Å². The monoisotopic (exact) mass is 559 g/mol. The molecule has 1 aliphatic carbocycles. The molecule has 3 atom stereocenters. The highest BCUT2D eigenvalue weighted by molar-refractivity contribution is 6.32. The lowest BCUT2D eigenvalue weighted by molar-refractivity contribution is 0.0664. The standard InChI is InChI=1S/C35H26FNO5/c1-41-21-16-17-28(42-2)25(19-21)30-31(32(38)24-12-6-7-13-26(24)36)37-27-14-8-3-9-20(27)15-18-29(37)35(30)33(39)22-10-4-5-11-23(22)34(35)40/h3-19,29-31H,1-2H3/t29-,30+,31+/m1/s1. The quantitative estimate of drug-likeness (QED) is 0.216. The first-order valence-electron chi connectivity index (χ1n) is 13.7. The normalized spacial score (nSPS) is 21.2. The minimum atomic E-state index is -1.74. The average molecular weight is 560 g/mol. The second kappa shape index (κ2) is 9.52. The molecule has 7 rings (SSSR count). The van der Waals surface area contributed by atoms with Crippen molar-refractivity contribution in [3.63, 3.8) is 0 Å². The van der Waals surface area contributed by atoms with E-state index in [2.05, 4.69) is 0 Å². The Labute approximate surface area is 242 Å². The molecule has 1 spiro atoms. The van der Waals surface area contributed by atoms with E-state index < -0.39 is 35.0 Å². The Bertz CT molecular complexity index is 1790. The lowest BCUT2D eigenvalue weighted by Crippen LogP contribution is -2.48. The Kier molecular flexibility index (Phi) is 5.87. The van der Waals surface area contributed by atoms with Gasteiger partial charge in [0, 0.05) is 28.3 Å². The third-order valence-corrected chi connectivity index (χ3v) is 8.89. The number of Topliss-reactive ketones (excluding diaryl/α,β-unsaturated/α-hetero) is 3. The van der Waals surface area contributed by atoms with Crippen LogP contribution in [0.3, 0.4) is 0 Å². The summed E-state index contributed by atoms with van der Waals surface area (Å²) in [6.07, 6.45) is 3.72. The SMILES string of the molecule is COc1ccc(OC)c([C@H]2[C@@H](C(=O)c3ccccc3F)N3c4ccccc4C=C[C@@H]3C23C(=O)c2ccccc2C3=O)c1. The lowest BCUT2D eigenvalue weighted by atomic mass is 9.64. The molecule has 0 aromatic heterocycles. The molecule has 3 aliphatic rings. The molecule has 2 aliphatic heterocycles. The van der Waals surface area contributed by atoms with Crippen LogP contribution in [0.2, 0.25) is 0 Å². The van der Waals surface area contributed by atoms with E-state index in [0.717, 1.165) is 5.56 Å². The highest BCUT2D eigenvalue weighted by atomic mass is 19.1. The van der Waals surface area contributed by atoms with Gasteiger partial charge in [-0.2, -0.15) is 0 Å². The first-order valence-corrected chi connectivity index (χ1v) is 13.7. The second-order valence-corrected chi connectivity index (χ2v) is 10.7. The van der Waals surface area contributed by atoms with Gasteiger partial charge in [0.15, 0.2) is 17.3 Å². The molecule has 7 heteroatoms. The smallest absolute Gasteiger partial charge is 0.188 e. The number of ether oxygens (including phenoxy) is 2. The van der Waals surface area contributed by atoms with Crippen LogP contribution in [0.25, 0.3) is 6.08 Å². The summed E-state index contributed by atoms with van der Waals surface area (Å²) in [6.45, 7) is 0. The van der Waals surface area contributed by atoms with Crippen molar-refractivity contribution >= 4 is 29.1 Å². The predicted octanol–water partition coefficient (Wildman–Crippen LogP) is 6.16. The van der Waals surface area contributed by atoms with E-state index in [9.17, 15) is 14.4 Å². The first-order chi connectivity index (χ1) is 20.4. The molecule has 0 saturated carbocycles. The molecule has 0 radical (unpaired) electrons. The number of fused-ring (bicyclic) bond motifs is 5. The number of nitrogens with zero attached hydrogens (tertiary/aromatic N) is 1. The maximum absolute atomic E-state index is 15.3. The van der Waals surface area contributed by atoms with E-state index >= 15 is 4.39 Å². The van der Waals surface area contributed by atoms with Crippen LogP contribution in [0.4, 0.5) is 10.1 Å². The number of carbonyl (C=O) groups excluding carboxylic acids is 3. The molecular weight excluding hydrogens is 533 g/mol. The van der Waals surface area contributed by atoms with Gasteiger partial charge in [0.2, 0.25) is 0 Å². The molecule has 4 aromatic carbocycles. The minimum absolute atomic E-state index is 0.118. The third-order valence-electron chi connectivity index (χ3n) is 8.89. The van der Waals surface area contributed by atoms with Crippen molar-refractivity contribution in [3.8, 4) is 11.5 Å². The number of benzene rings is 4. The van der Waals surface area contributed by atoms with Crippen LogP contribution in [-0.4, -0.2) is 43.7 Å². The maximum Gasteiger partial charge on any atom is 0.188 e. The summed E-state index contributed by atoms with van der Waals surface area (Å²) in [4.78, 5) is 46.1. The molecule has 208 valence electrons. The van der Waals surface area contributed by atoms with Crippen molar-refractivity contribution in [3.05, 3.63) is 131 Å². The number of methoxy groups -OCH3 is 2. The van der Waals surface area contributed by atoms with Crippen LogP contribution in [0, 0.1) is 11.2 Å². The fourth-order valence-corrected chi connectivity index (χ4v) is 7.16. The van der Waals surface area contributed by atoms with Crippen LogP contribution >= 0.6 is 0 Å². The summed E-state index contributed by atoms with van der Waals surface area (Å²) in [5, 5.41) is 0. The van der Waals surface area contributed by atoms with E-state index in [-0.39, 0.29) is 17.1 Å². The molecular formula is C35H26FNO5. The largest absolute Gasteiger partial charge is 0.497 e. The Morgan fingerprint density at radius 3 is 2.19 bits per heavy atom. The van der Waals surface area contributed by atoms with Crippen LogP contribution in [0.15, 0.2) is 97.1 Å². The minimum Gasteiger partial charge on any atom is -0.497 e. The lowest BCUT2D eigenvalue weighted by Gasteiger charge is -2.37. The van der Waals surface area contributed by atoms with E-state index in [0.29, 0.717) is 33.9 Å². The molecule has 4 aromatic rings. The Balaban J connectivity index is 1.60. The highest BCUT2D eigenvalue weighted by Gasteiger charge is 2.72. The van der Waals surface area contributed by atoms with Gasteiger partial charge < -0.3 is 14.4 Å². The molecule has 42 heavy (non-hydrogen) atoms. The van der Waals surface area contributed by atoms with E-state index in [1.54, 1.807) is 48.5 Å². The number of hydrogen-bond acceptors (Lipinski definition) is 6. The van der Waals surface area contributed by atoms with Gasteiger partial charge in [-0.1, -0.05) is 66.7 Å². The van der Waals surface area contributed by atoms with Crippen molar-refractivity contribution < 1.29 is 28.2 Å². The number of rotatable bonds is 5. The molecule has 0 bridgehead atoms. The van der Waals surface area contributed by atoms with Crippen LogP contribution < -0.4 is 14.4 Å². The molecule has 6 nitrogen and oxygen atoms in total. The van der Waals surface area contributed by atoms with Gasteiger partial charge in [0.05, 0.1) is 25.8 Å². The number of ketones is 3. The summed E-state index contributed by atoms with van der Waals surface area (Å²) in [7, 11) is 3.01. The first kappa shape index (κ1) is 25.9. The van der Waals surface area contributed by atoms with Crippen molar-refractivity contribution in [2.45, 2.75) is 18.0 Å². The molecule has 0 amide bonds. The fourth-order valence-electron chi connectivity index (χ4n) is 7.16. The number of para-hydroxylation sites is 1. The van der Waals surface area contributed by atoms with Gasteiger partial charge in [-0.25, -0.2) is 4.39 Å². The molecule has 0 N–H and O–H groups in total. The summed E-state index contributed by atoms with van der Waals surface area (Å²) < 4.78 is 26.7. The van der Waals surface area contributed by atoms with Crippen LogP contribution in [-0.2, 0) is 0 Å². The molecule has 2 heterocycles. The Hall–Kier alpha value is -5.04. The van der Waals surface area contributed by atoms with Gasteiger partial charge in [-0.15, -0.1) is 0 Å². The summed E-state index contributed by atoms with van der Waals surface area (Å²) in [6, 6.07) is 23.2. The van der Waals surface area contributed by atoms with Crippen LogP contribution in [0.5, 0.6) is 11.5 Å². The number of halogens is 1. The van der Waals surface area contributed by atoms with E-state index in [1.807, 2.05) is 41.3 Å². The zero-order valence-corrected chi connectivity index (χ0v) is 22.9. The van der Waals surface area contributed by atoms with Gasteiger partial charge in [-0.05, 0) is 42.0 Å². The van der Waals surface area contributed by atoms with Crippen molar-refractivity contribution in [2.24, 2.45) is 5.41 Å². The van der Waals surface area contributed by atoms with Gasteiger partial charge in [0.1, 0.15) is 28.8 Å². The van der Waals surface area contributed by atoms with Gasteiger partial charge in [-0.3, -0.25) is 14.4 Å². The predicted molar refractivity (Wildman–Crippen MR) is 156 cm³/mol. The van der Waals surface area contributed by atoms with E-state index in [4.69, 9.17) is 9.47 Å². The third kappa shape index (κ3) is 3.33. The highest BCUT2D eigenvalue weighted by Crippen LogP contribution is 2.62. The summed E-state index contributed by atoms with van der Waals surface area (Å²) in [5.74, 6) is -2.16. The number of carbonyl (C=O) groups is 3.